The van der Waals surface area contributed by atoms with Crippen LogP contribution in [-0.2, 0) is 0 Å². The Labute approximate surface area is 102 Å². The van der Waals surface area contributed by atoms with Crippen LogP contribution in [-0.4, -0.2) is 23.1 Å². The van der Waals surface area contributed by atoms with E-state index in [2.05, 4.69) is 33.6 Å². The van der Waals surface area contributed by atoms with Gasteiger partial charge in [-0.15, -0.1) is 0 Å². The van der Waals surface area contributed by atoms with Crippen LogP contribution in [0, 0.1) is 11.3 Å². The van der Waals surface area contributed by atoms with Crippen molar-refractivity contribution in [1.82, 2.24) is 9.97 Å². The second-order valence-corrected chi connectivity index (χ2v) is 3.76. The molecule has 1 aromatic heterocycles. The molecule has 0 amide bonds. The first kappa shape index (κ1) is 13.2. The third-order valence-electron chi connectivity index (χ3n) is 2.30. The average molecular weight is 233 g/mol. The molecule has 92 valence electrons. The third-order valence-corrected chi connectivity index (χ3v) is 2.30. The van der Waals surface area contributed by atoms with Crippen molar-refractivity contribution in [3.63, 3.8) is 0 Å². The summed E-state index contributed by atoms with van der Waals surface area (Å²) in [4.78, 5) is 8.22. The van der Waals surface area contributed by atoms with E-state index < -0.39 is 0 Å². The topological polar surface area (TPSA) is 73.6 Å². The van der Waals surface area contributed by atoms with Gasteiger partial charge in [0.1, 0.15) is 18.0 Å². The number of aromatic nitrogens is 2. The van der Waals surface area contributed by atoms with E-state index in [1.807, 2.05) is 6.07 Å². The molecule has 1 rings (SSSR count). The lowest BCUT2D eigenvalue weighted by Crippen LogP contribution is -2.06. The zero-order chi connectivity index (χ0) is 12.3. The zero-order valence-corrected chi connectivity index (χ0v) is 10.2. The molecule has 0 fully saturated rings. The Morgan fingerprint density at radius 3 is 2.53 bits per heavy atom. The number of hydrogen-bond acceptors (Lipinski definition) is 5. The van der Waals surface area contributed by atoms with Gasteiger partial charge in [-0.3, -0.25) is 0 Å². The van der Waals surface area contributed by atoms with Crippen molar-refractivity contribution in [2.45, 2.75) is 32.6 Å². The number of nitriles is 1. The molecule has 1 heterocycles. The molecule has 0 saturated heterocycles. The Morgan fingerprint density at radius 1 is 1.18 bits per heavy atom. The highest BCUT2D eigenvalue weighted by atomic mass is 15.1. The monoisotopic (exact) mass is 233 g/mol. The number of nitrogens with one attached hydrogen (secondary N) is 2. The molecular formula is C12H19N5. The molecule has 1 aromatic rings. The number of hydrogen-bond donors (Lipinski definition) is 2. The molecule has 0 radical (unpaired) electrons. The van der Waals surface area contributed by atoms with Crippen molar-refractivity contribution in [2.75, 3.05) is 23.7 Å². The van der Waals surface area contributed by atoms with E-state index in [1.165, 1.54) is 19.2 Å². The highest BCUT2D eigenvalue weighted by molar-refractivity contribution is 5.46. The van der Waals surface area contributed by atoms with E-state index in [4.69, 9.17) is 5.26 Å². The largest absolute Gasteiger partial charge is 0.370 e. The average Bonchev–Trinajstić information content (AvgIpc) is 2.36. The maximum Gasteiger partial charge on any atom is 0.131 e. The fourth-order valence-corrected chi connectivity index (χ4v) is 1.39. The summed E-state index contributed by atoms with van der Waals surface area (Å²) in [7, 11) is 0. The molecule has 0 bridgehead atoms. The van der Waals surface area contributed by atoms with Crippen molar-refractivity contribution in [1.29, 1.82) is 5.26 Å². The minimum absolute atomic E-state index is 0.475. The summed E-state index contributed by atoms with van der Waals surface area (Å²) in [5.74, 6) is 1.59. The van der Waals surface area contributed by atoms with Crippen molar-refractivity contribution < 1.29 is 0 Å². The van der Waals surface area contributed by atoms with Crippen molar-refractivity contribution in [3.05, 3.63) is 12.4 Å². The van der Waals surface area contributed by atoms with Crippen molar-refractivity contribution >= 4 is 11.6 Å². The van der Waals surface area contributed by atoms with E-state index in [1.54, 1.807) is 0 Å². The first-order chi connectivity index (χ1) is 8.36. The van der Waals surface area contributed by atoms with Gasteiger partial charge >= 0.3 is 0 Å². The van der Waals surface area contributed by atoms with Gasteiger partial charge in [-0.05, 0) is 6.42 Å². The number of nitrogens with zero attached hydrogens (tertiary/aromatic N) is 3. The summed E-state index contributed by atoms with van der Waals surface area (Å²) >= 11 is 0. The quantitative estimate of drug-likeness (QED) is 0.674. The SMILES string of the molecule is CCCCCNc1cc(NCCC#N)ncn1. The smallest absolute Gasteiger partial charge is 0.131 e. The van der Waals surface area contributed by atoms with Crippen molar-refractivity contribution in [2.24, 2.45) is 0 Å². The lowest BCUT2D eigenvalue weighted by Gasteiger charge is -2.07. The number of rotatable bonds is 8. The fourth-order valence-electron chi connectivity index (χ4n) is 1.39. The lowest BCUT2D eigenvalue weighted by molar-refractivity contribution is 0.742. The Kier molecular flexibility index (Phi) is 6.49. The van der Waals surface area contributed by atoms with Gasteiger partial charge in [0.2, 0.25) is 0 Å². The van der Waals surface area contributed by atoms with Gasteiger partial charge in [-0.2, -0.15) is 5.26 Å². The molecule has 0 aliphatic heterocycles. The van der Waals surface area contributed by atoms with Gasteiger partial charge in [0.15, 0.2) is 0 Å². The number of unbranched alkanes of at least 4 members (excludes halogenated alkanes) is 2. The first-order valence-corrected chi connectivity index (χ1v) is 6.03. The van der Waals surface area contributed by atoms with E-state index in [0.717, 1.165) is 24.6 Å². The zero-order valence-electron chi connectivity index (χ0n) is 10.2. The predicted octanol–water partition coefficient (Wildman–Crippen LogP) is 2.40. The Morgan fingerprint density at radius 2 is 1.88 bits per heavy atom. The maximum atomic E-state index is 8.43. The summed E-state index contributed by atoms with van der Waals surface area (Å²) < 4.78 is 0. The lowest BCUT2D eigenvalue weighted by atomic mass is 10.2. The minimum atomic E-state index is 0.475. The van der Waals surface area contributed by atoms with Gasteiger partial charge in [0, 0.05) is 19.2 Å². The normalized spacial score (nSPS) is 9.65. The van der Waals surface area contributed by atoms with Crippen LogP contribution in [0.2, 0.25) is 0 Å². The third kappa shape index (κ3) is 5.71. The summed E-state index contributed by atoms with van der Waals surface area (Å²) in [6.07, 6.45) is 5.59. The van der Waals surface area contributed by atoms with E-state index in [-0.39, 0.29) is 0 Å². The van der Waals surface area contributed by atoms with Gasteiger partial charge in [-0.1, -0.05) is 19.8 Å². The standard InChI is InChI=1S/C12H19N5/c1-2-3-4-7-14-11-9-12(17-10-16-11)15-8-5-6-13/h9-10H,2-5,7-8H2,1H3,(H2,14,15,16,17). The van der Waals surface area contributed by atoms with Gasteiger partial charge in [0.05, 0.1) is 12.5 Å². The molecular weight excluding hydrogens is 214 g/mol. The Hall–Kier alpha value is -1.83. The van der Waals surface area contributed by atoms with Crippen LogP contribution in [0.3, 0.4) is 0 Å². The first-order valence-electron chi connectivity index (χ1n) is 6.03. The summed E-state index contributed by atoms with van der Waals surface area (Å²) in [5.41, 5.74) is 0. The van der Waals surface area contributed by atoms with Crippen LogP contribution in [0.15, 0.2) is 12.4 Å². The van der Waals surface area contributed by atoms with E-state index >= 15 is 0 Å². The van der Waals surface area contributed by atoms with Crippen LogP contribution >= 0.6 is 0 Å². The van der Waals surface area contributed by atoms with Crippen LogP contribution in [0.1, 0.15) is 32.6 Å². The molecule has 0 saturated carbocycles. The molecule has 0 unspecified atom stereocenters. The molecule has 0 spiro atoms. The second-order valence-electron chi connectivity index (χ2n) is 3.76. The molecule has 0 aliphatic rings. The number of anilines is 2. The fraction of sp³-hybridized carbons (Fsp3) is 0.583. The molecule has 5 heteroatoms. The molecule has 0 atom stereocenters. The Bertz CT molecular complexity index is 358. The predicted molar refractivity (Wildman–Crippen MR) is 68.8 cm³/mol. The van der Waals surface area contributed by atoms with E-state index in [9.17, 15) is 0 Å². The Balaban J connectivity index is 2.34. The van der Waals surface area contributed by atoms with Crippen LogP contribution < -0.4 is 10.6 Å². The molecule has 2 N–H and O–H groups in total. The second kappa shape index (κ2) is 8.34. The van der Waals surface area contributed by atoms with Crippen LogP contribution in [0.5, 0.6) is 0 Å². The van der Waals surface area contributed by atoms with Gasteiger partial charge < -0.3 is 10.6 Å². The van der Waals surface area contributed by atoms with Crippen LogP contribution in [0.25, 0.3) is 0 Å². The van der Waals surface area contributed by atoms with Crippen molar-refractivity contribution in [3.8, 4) is 6.07 Å². The van der Waals surface area contributed by atoms with Gasteiger partial charge in [0.25, 0.3) is 0 Å². The minimum Gasteiger partial charge on any atom is -0.370 e. The molecule has 0 aliphatic carbocycles. The molecule has 0 aromatic carbocycles. The summed E-state index contributed by atoms with van der Waals surface area (Å²) in [5, 5.41) is 14.8. The van der Waals surface area contributed by atoms with Gasteiger partial charge in [-0.25, -0.2) is 9.97 Å². The highest BCUT2D eigenvalue weighted by Crippen LogP contribution is 2.08. The maximum absolute atomic E-state index is 8.43. The molecule has 5 nitrogen and oxygen atoms in total. The summed E-state index contributed by atoms with van der Waals surface area (Å²) in [6.45, 7) is 3.73. The highest BCUT2D eigenvalue weighted by Gasteiger charge is 1.97. The van der Waals surface area contributed by atoms with E-state index in [0.29, 0.717) is 13.0 Å². The molecule has 17 heavy (non-hydrogen) atoms. The summed E-state index contributed by atoms with van der Waals surface area (Å²) in [6, 6.07) is 3.94. The van der Waals surface area contributed by atoms with Crippen LogP contribution in [0.4, 0.5) is 11.6 Å².